The lowest BCUT2D eigenvalue weighted by molar-refractivity contribution is -0.118. The van der Waals surface area contributed by atoms with Crippen LogP contribution in [-0.4, -0.2) is 5.78 Å². The fourth-order valence-corrected chi connectivity index (χ4v) is 1.18. The third-order valence-corrected chi connectivity index (χ3v) is 2.17. The first-order valence-corrected chi connectivity index (χ1v) is 5.80. The summed E-state index contributed by atoms with van der Waals surface area (Å²) in [5.74, 6) is 0.343. The van der Waals surface area contributed by atoms with Gasteiger partial charge in [-0.2, -0.15) is 0 Å². The lowest BCUT2D eigenvalue weighted by Gasteiger charge is -1.93. The summed E-state index contributed by atoms with van der Waals surface area (Å²) in [6.07, 6.45) is 3.83. The normalized spacial score (nSPS) is 9.00. The van der Waals surface area contributed by atoms with E-state index in [0.717, 1.165) is 0 Å². The summed E-state index contributed by atoms with van der Waals surface area (Å²) in [5.41, 5.74) is 1.44. The number of hydrogen-bond acceptors (Lipinski definition) is 1. The van der Waals surface area contributed by atoms with Gasteiger partial charge in [-0.1, -0.05) is 57.5 Å². The average Bonchev–Trinajstić information content (AvgIpc) is 2.31. The van der Waals surface area contributed by atoms with Gasteiger partial charge in [0.05, 0.1) is 0 Å². The summed E-state index contributed by atoms with van der Waals surface area (Å²) in [6, 6.07) is 10.6. The molecule has 0 spiro atoms. The average molecular weight is 206 g/mol. The van der Waals surface area contributed by atoms with Crippen LogP contribution >= 0.6 is 0 Å². The molecule has 0 amide bonds. The minimum absolute atomic E-state index is 0.343. The maximum atomic E-state index is 10.2. The van der Waals surface area contributed by atoms with Gasteiger partial charge in [0.15, 0.2) is 0 Å². The molecule has 1 rings (SSSR count). The lowest BCUT2D eigenvalue weighted by Crippen LogP contribution is -1.88. The van der Waals surface area contributed by atoms with Crippen LogP contribution in [-0.2, 0) is 11.2 Å². The van der Waals surface area contributed by atoms with E-state index < -0.39 is 0 Å². The lowest BCUT2D eigenvalue weighted by atomic mass is 10.1. The quantitative estimate of drug-likeness (QED) is 0.727. The second-order valence-electron chi connectivity index (χ2n) is 3.48. The third kappa shape index (κ3) is 7.92. The Hall–Kier alpha value is -1.11. The second-order valence-corrected chi connectivity index (χ2v) is 3.48. The van der Waals surface area contributed by atoms with Crippen molar-refractivity contribution in [3.8, 4) is 0 Å². The molecule has 0 aliphatic rings. The molecule has 0 N–H and O–H groups in total. The molecule has 0 fully saturated rings. The van der Waals surface area contributed by atoms with Crippen molar-refractivity contribution in [2.75, 3.05) is 0 Å². The molecule has 1 aromatic rings. The minimum Gasteiger partial charge on any atom is -0.300 e. The SMILES string of the molecule is CCC(=O)CC.CCCc1ccccc1. The van der Waals surface area contributed by atoms with E-state index in [1.807, 2.05) is 13.8 Å². The first-order chi connectivity index (χ1) is 7.24. The molecule has 84 valence electrons. The van der Waals surface area contributed by atoms with E-state index in [0.29, 0.717) is 18.6 Å². The first kappa shape index (κ1) is 13.9. The number of rotatable bonds is 4. The molecule has 15 heavy (non-hydrogen) atoms. The molecule has 0 saturated heterocycles. The van der Waals surface area contributed by atoms with E-state index in [2.05, 4.69) is 37.3 Å². The summed E-state index contributed by atoms with van der Waals surface area (Å²) < 4.78 is 0. The Morgan fingerprint density at radius 2 is 1.53 bits per heavy atom. The van der Waals surface area contributed by atoms with Crippen LogP contribution in [0.2, 0.25) is 0 Å². The summed E-state index contributed by atoms with van der Waals surface area (Å²) in [7, 11) is 0. The second kappa shape index (κ2) is 9.45. The minimum atomic E-state index is 0.343. The van der Waals surface area contributed by atoms with Crippen molar-refractivity contribution in [2.24, 2.45) is 0 Å². The highest BCUT2D eigenvalue weighted by molar-refractivity contribution is 5.77. The number of ketones is 1. The molecule has 0 aliphatic carbocycles. The van der Waals surface area contributed by atoms with Crippen LogP contribution in [0.15, 0.2) is 30.3 Å². The predicted octanol–water partition coefficient (Wildman–Crippen LogP) is 4.01. The zero-order chi connectivity index (χ0) is 11.5. The molecule has 1 heteroatoms. The number of benzene rings is 1. The molecular weight excluding hydrogens is 184 g/mol. The van der Waals surface area contributed by atoms with Gasteiger partial charge in [-0.3, -0.25) is 4.79 Å². The first-order valence-electron chi connectivity index (χ1n) is 5.80. The molecule has 1 nitrogen and oxygen atoms in total. The summed E-state index contributed by atoms with van der Waals surface area (Å²) in [6.45, 7) is 5.96. The van der Waals surface area contributed by atoms with E-state index >= 15 is 0 Å². The Morgan fingerprint density at radius 1 is 1.00 bits per heavy atom. The molecule has 0 radical (unpaired) electrons. The van der Waals surface area contributed by atoms with Crippen molar-refractivity contribution in [3.05, 3.63) is 35.9 Å². The fourth-order valence-electron chi connectivity index (χ4n) is 1.18. The maximum Gasteiger partial charge on any atom is 0.132 e. The van der Waals surface area contributed by atoms with E-state index in [9.17, 15) is 4.79 Å². The van der Waals surface area contributed by atoms with Gasteiger partial charge in [0, 0.05) is 12.8 Å². The zero-order valence-corrected chi connectivity index (χ0v) is 10.1. The highest BCUT2D eigenvalue weighted by Gasteiger charge is 1.86. The highest BCUT2D eigenvalue weighted by Crippen LogP contribution is 2.00. The molecule has 0 heterocycles. The van der Waals surface area contributed by atoms with E-state index in [4.69, 9.17) is 0 Å². The molecule has 0 saturated carbocycles. The fraction of sp³-hybridized carbons (Fsp3) is 0.500. The Balaban J connectivity index is 0.000000288. The van der Waals surface area contributed by atoms with Crippen molar-refractivity contribution >= 4 is 5.78 Å². The van der Waals surface area contributed by atoms with E-state index in [1.54, 1.807) is 0 Å². The Bertz CT molecular complexity index is 245. The van der Waals surface area contributed by atoms with Crippen LogP contribution in [0.1, 0.15) is 45.6 Å². The zero-order valence-electron chi connectivity index (χ0n) is 10.1. The summed E-state index contributed by atoms with van der Waals surface area (Å²) >= 11 is 0. The molecular formula is C14H22O. The molecule has 1 aromatic carbocycles. The van der Waals surface area contributed by atoms with Gasteiger partial charge in [-0.25, -0.2) is 0 Å². The van der Waals surface area contributed by atoms with Crippen molar-refractivity contribution in [1.29, 1.82) is 0 Å². The third-order valence-electron chi connectivity index (χ3n) is 2.17. The predicted molar refractivity (Wildman–Crippen MR) is 66.0 cm³/mol. The van der Waals surface area contributed by atoms with Crippen molar-refractivity contribution < 1.29 is 4.79 Å². The molecule has 0 aromatic heterocycles. The van der Waals surface area contributed by atoms with Gasteiger partial charge in [0.25, 0.3) is 0 Å². The van der Waals surface area contributed by atoms with Crippen LogP contribution in [0.3, 0.4) is 0 Å². The molecule has 0 aliphatic heterocycles. The van der Waals surface area contributed by atoms with Gasteiger partial charge < -0.3 is 0 Å². The van der Waals surface area contributed by atoms with Crippen molar-refractivity contribution in [3.63, 3.8) is 0 Å². The monoisotopic (exact) mass is 206 g/mol. The Morgan fingerprint density at radius 3 is 1.87 bits per heavy atom. The van der Waals surface area contributed by atoms with Gasteiger partial charge in [0.2, 0.25) is 0 Å². The molecule has 0 bridgehead atoms. The highest BCUT2D eigenvalue weighted by atomic mass is 16.1. The topological polar surface area (TPSA) is 17.1 Å². The number of carbonyl (C=O) groups excluding carboxylic acids is 1. The number of hydrogen-bond donors (Lipinski definition) is 0. The van der Waals surface area contributed by atoms with Gasteiger partial charge in [-0.05, 0) is 12.0 Å². The number of aryl methyl sites for hydroxylation is 1. The van der Waals surface area contributed by atoms with Crippen LogP contribution in [0, 0.1) is 0 Å². The molecule has 0 unspecified atom stereocenters. The smallest absolute Gasteiger partial charge is 0.132 e. The van der Waals surface area contributed by atoms with Crippen LogP contribution in [0.5, 0.6) is 0 Å². The summed E-state index contributed by atoms with van der Waals surface area (Å²) in [4.78, 5) is 10.2. The number of Topliss-reactive ketones (excluding diaryl/α,β-unsaturated/α-hetero) is 1. The largest absolute Gasteiger partial charge is 0.300 e. The maximum absolute atomic E-state index is 10.2. The molecule has 0 atom stereocenters. The standard InChI is InChI=1S/C9H12.C5H10O/c1-2-6-9-7-4-3-5-8-9;1-3-5(6)4-2/h3-5,7-8H,2,6H2,1H3;3-4H2,1-2H3. The van der Waals surface area contributed by atoms with Crippen molar-refractivity contribution in [2.45, 2.75) is 46.5 Å². The van der Waals surface area contributed by atoms with E-state index in [1.165, 1.54) is 18.4 Å². The van der Waals surface area contributed by atoms with E-state index in [-0.39, 0.29) is 0 Å². The van der Waals surface area contributed by atoms with Crippen LogP contribution in [0.25, 0.3) is 0 Å². The van der Waals surface area contributed by atoms with Crippen LogP contribution < -0.4 is 0 Å². The van der Waals surface area contributed by atoms with Gasteiger partial charge >= 0.3 is 0 Å². The van der Waals surface area contributed by atoms with Crippen LogP contribution in [0.4, 0.5) is 0 Å². The Kier molecular flexibility index (Phi) is 8.75. The van der Waals surface area contributed by atoms with Crippen molar-refractivity contribution in [1.82, 2.24) is 0 Å². The Labute approximate surface area is 93.5 Å². The van der Waals surface area contributed by atoms with Gasteiger partial charge in [0.1, 0.15) is 5.78 Å². The summed E-state index contributed by atoms with van der Waals surface area (Å²) in [5, 5.41) is 0. The number of carbonyl (C=O) groups is 1. The van der Waals surface area contributed by atoms with Gasteiger partial charge in [-0.15, -0.1) is 0 Å².